The Morgan fingerprint density at radius 2 is 1.36 bits per heavy atom. The molecule has 0 radical (unpaired) electrons. The lowest BCUT2D eigenvalue weighted by Gasteiger charge is -2.48. The molecule has 2 aliphatic rings. The van der Waals surface area contributed by atoms with E-state index in [1.807, 2.05) is 0 Å². The van der Waals surface area contributed by atoms with Gasteiger partial charge < -0.3 is 21.5 Å². The summed E-state index contributed by atoms with van der Waals surface area (Å²) in [5.41, 5.74) is 0. The van der Waals surface area contributed by atoms with Crippen LogP contribution in [0, 0.1) is 11.8 Å². The quantitative estimate of drug-likeness (QED) is 0.524. The molecule has 2 aliphatic heterocycles. The Hall–Kier alpha value is 0.440. The maximum Gasteiger partial charge on any atom is 0.0812 e. The van der Waals surface area contributed by atoms with Crippen molar-refractivity contribution >= 4 is 0 Å². The lowest BCUT2D eigenvalue weighted by atomic mass is 9.88. The Kier molecular flexibility index (Phi) is 4.45. The SMILES string of the molecule is CC1CC(C)C[N+]2(CCCCC2)C1.[Br-]. The second-order valence-corrected chi connectivity index (χ2v) is 5.66. The third kappa shape index (κ3) is 2.73. The van der Waals surface area contributed by atoms with Gasteiger partial charge in [-0.05, 0) is 25.7 Å². The van der Waals surface area contributed by atoms with Crippen LogP contribution in [0.15, 0.2) is 0 Å². The largest absolute Gasteiger partial charge is 1.00 e. The third-order valence-corrected chi connectivity index (χ3v) is 3.97. The molecule has 0 aromatic heterocycles. The highest BCUT2D eigenvalue weighted by Gasteiger charge is 2.37. The van der Waals surface area contributed by atoms with Crippen molar-refractivity contribution in [2.75, 3.05) is 26.2 Å². The summed E-state index contributed by atoms with van der Waals surface area (Å²) in [5, 5.41) is 0. The number of piperidine rings is 2. The van der Waals surface area contributed by atoms with Crippen LogP contribution in [0.1, 0.15) is 39.5 Å². The van der Waals surface area contributed by atoms with E-state index in [1.165, 1.54) is 56.3 Å². The highest BCUT2D eigenvalue weighted by molar-refractivity contribution is 4.68. The number of hydrogen-bond acceptors (Lipinski definition) is 0. The Balaban J connectivity index is 0.000000980. The topological polar surface area (TPSA) is 0 Å². The Morgan fingerprint density at radius 3 is 1.86 bits per heavy atom. The number of hydrogen-bond donors (Lipinski definition) is 0. The van der Waals surface area contributed by atoms with Crippen LogP contribution in [0.5, 0.6) is 0 Å². The lowest BCUT2D eigenvalue weighted by molar-refractivity contribution is -0.943. The first kappa shape index (κ1) is 12.5. The Labute approximate surface area is 99.2 Å². The van der Waals surface area contributed by atoms with Gasteiger partial charge in [-0.15, -0.1) is 0 Å². The Bertz CT molecular complexity index is 163. The molecule has 0 saturated carbocycles. The van der Waals surface area contributed by atoms with E-state index < -0.39 is 0 Å². The van der Waals surface area contributed by atoms with Crippen LogP contribution < -0.4 is 17.0 Å². The van der Waals surface area contributed by atoms with Crippen LogP contribution in [-0.4, -0.2) is 30.7 Å². The molecular formula is C12H24BrN. The molecule has 2 fully saturated rings. The van der Waals surface area contributed by atoms with E-state index in [2.05, 4.69) is 13.8 Å². The van der Waals surface area contributed by atoms with Crippen molar-refractivity contribution < 1.29 is 21.5 Å². The summed E-state index contributed by atoms with van der Waals surface area (Å²) in [5.74, 6) is 1.95. The summed E-state index contributed by atoms with van der Waals surface area (Å²) in [6, 6.07) is 0. The highest BCUT2D eigenvalue weighted by atomic mass is 79.9. The second-order valence-electron chi connectivity index (χ2n) is 5.66. The third-order valence-electron chi connectivity index (χ3n) is 3.97. The number of rotatable bonds is 0. The zero-order valence-electron chi connectivity index (χ0n) is 9.64. The molecule has 2 saturated heterocycles. The normalized spacial score (nSPS) is 36.4. The monoisotopic (exact) mass is 261 g/mol. The molecule has 0 N–H and O–H groups in total. The fourth-order valence-corrected chi connectivity index (χ4v) is 3.78. The average molecular weight is 262 g/mol. The van der Waals surface area contributed by atoms with Gasteiger partial charge in [0.1, 0.15) is 0 Å². The van der Waals surface area contributed by atoms with Crippen LogP contribution in [0.4, 0.5) is 0 Å². The van der Waals surface area contributed by atoms with Gasteiger partial charge >= 0.3 is 0 Å². The molecule has 0 amide bonds. The highest BCUT2D eigenvalue weighted by Crippen LogP contribution is 2.30. The molecule has 2 unspecified atom stereocenters. The average Bonchev–Trinajstić information content (AvgIpc) is 2.02. The van der Waals surface area contributed by atoms with E-state index in [0.717, 1.165) is 11.8 Å². The number of quaternary nitrogens is 1. The van der Waals surface area contributed by atoms with E-state index in [4.69, 9.17) is 0 Å². The smallest absolute Gasteiger partial charge is 0.0812 e. The standard InChI is InChI=1S/C12H24N.BrH/c1-11-8-12(2)10-13(9-11)6-4-3-5-7-13;/h11-12H,3-10H2,1-2H3;1H/q+1;/p-1. The van der Waals surface area contributed by atoms with Crippen LogP contribution in [0.2, 0.25) is 0 Å². The molecule has 84 valence electrons. The van der Waals surface area contributed by atoms with Crippen molar-refractivity contribution in [2.45, 2.75) is 39.5 Å². The van der Waals surface area contributed by atoms with Gasteiger partial charge in [-0.25, -0.2) is 0 Å². The van der Waals surface area contributed by atoms with Gasteiger partial charge in [0.2, 0.25) is 0 Å². The molecule has 1 spiro atoms. The molecule has 0 aromatic rings. The minimum atomic E-state index is 0. The molecule has 0 aliphatic carbocycles. The first-order valence-electron chi connectivity index (χ1n) is 6.05. The number of nitrogens with zero attached hydrogens (tertiary/aromatic N) is 1. The molecule has 14 heavy (non-hydrogen) atoms. The van der Waals surface area contributed by atoms with Crippen molar-refractivity contribution in [3.63, 3.8) is 0 Å². The summed E-state index contributed by atoms with van der Waals surface area (Å²) in [6.45, 7) is 10.8. The summed E-state index contributed by atoms with van der Waals surface area (Å²) >= 11 is 0. The van der Waals surface area contributed by atoms with Gasteiger partial charge in [0.15, 0.2) is 0 Å². The molecule has 2 atom stereocenters. The van der Waals surface area contributed by atoms with E-state index >= 15 is 0 Å². The summed E-state index contributed by atoms with van der Waals surface area (Å²) < 4.78 is 1.47. The first-order chi connectivity index (χ1) is 6.20. The molecule has 0 bridgehead atoms. The van der Waals surface area contributed by atoms with Gasteiger partial charge in [0.25, 0.3) is 0 Å². The molecule has 1 nitrogen and oxygen atoms in total. The van der Waals surface area contributed by atoms with Crippen molar-refractivity contribution in [2.24, 2.45) is 11.8 Å². The van der Waals surface area contributed by atoms with Crippen LogP contribution in [-0.2, 0) is 0 Å². The van der Waals surface area contributed by atoms with Crippen molar-refractivity contribution in [3.8, 4) is 0 Å². The van der Waals surface area contributed by atoms with Gasteiger partial charge in [-0.2, -0.15) is 0 Å². The maximum absolute atomic E-state index is 2.45. The Morgan fingerprint density at radius 1 is 0.857 bits per heavy atom. The minimum Gasteiger partial charge on any atom is -1.00 e. The molecule has 0 aromatic carbocycles. The van der Waals surface area contributed by atoms with Crippen molar-refractivity contribution in [1.29, 1.82) is 0 Å². The van der Waals surface area contributed by atoms with Crippen LogP contribution >= 0.6 is 0 Å². The van der Waals surface area contributed by atoms with Crippen LogP contribution in [0.25, 0.3) is 0 Å². The molecular weight excluding hydrogens is 238 g/mol. The molecule has 2 heterocycles. The van der Waals surface area contributed by atoms with Gasteiger partial charge in [-0.1, -0.05) is 13.8 Å². The van der Waals surface area contributed by atoms with Gasteiger partial charge in [0.05, 0.1) is 26.2 Å². The zero-order valence-corrected chi connectivity index (χ0v) is 11.2. The fourth-order valence-electron chi connectivity index (χ4n) is 3.78. The van der Waals surface area contributed by atoms with Crippen LogP contribution in [0.3, 0.4) is 0 Å². The maximum atomic E-state index is 2.45. The zero-order chi connectivity index (χ0) is 9.31. The van der Waals surface area contributed by atoms with E-state index in [9.17, 15) is 0 Å². The fraction of sp³-hybridized carbons (Fsp3) is 1.00. The minimum absolute atomic E-state index is 0. The van der Waals surface area contributed by atoms with Gasteiger partial charge in [0, 0.05) is 11.8 Å². The summed E-state index contributed by atoms with van der Waals surface area (Å²) in [6.07, 6.45) is 5.93. The van der Waals surface area contributed by atoms with E-state index in [1.54, 1.807) is 0 Å². The second kappa shape index (κ2) is 4.98. The van der Waals surface area contributed by atoms with Gasteiger partial charge in [-0.3, -0.25) is 0 Å². The van der Waals surface area contributed by atoms with Crippen molar-refractivity contribution in [1.82, 2.24) is 0 Å². The molecule has 2 heteroatoms. The first-order valence-corrected chi connectivity index (χ1v) is 6.05. The lowest BCUT2D eigenvalue weighted by Crippen LogP contribution is -3.00. The predicted octanol–water partition coefficient (Wildman–Crippen LogP) is -0.333. The summed E-state index contributed by atoms with van der Waals surface area (Å²) in [4.78, 5) is 0. The van der Waals surface area contributed by atoms with Crippen molar-refractivity contribution in [3.05, 3.63) is 0 Å². The predicted molar refractivity (Wildman–Crippen MR) is 56.5 cm³/mol. The summed E-state index contributed by atoms with van der Waals surface area (Å²) in [7, 11) is 0. The molecule has 2 rings (SSSR count). The van der Waals surface area contributed by atoms with E-state index in [0.29, 0.717) is 0 Å². The number of halogens is 1. The van der Waals surface area contributed by atoms with E-state index in [-0.39, 0.29) is 17.0 Å².